The highest BCUT2D eigenvalue weighted by Gasteiger charge is 2.08. The lowest BCUT2D eigenvalue weighted by atomic mass is 10.8. The van der Waals surface area contributed by atoms with Crippen LogP contribution in [0.2, 0.25) is 0 Å². The van der Waals surface area contributed by atoms with Crippen LogP contribution in [-0.2, 0) is 0 Å². The second kappa shape index (κ2) is 1.87. The van der Waals surface area contributed by atoms with E-state index < -0.39 is 0 Å². The monoisotopic (exact) mass is 131 g/mol. The fraction of sp³-hybridized carbons (Fsp3) is 0.500. The van der Waals surface area contributed by atoms with E-state index in [0.717, 1.165) is 5.03 Å². The van der Waals surface area contributed by atoms with Gasteiger partial charge < -0.3 is 0 Å². The molecule has 4 heteroatoms. The highest BCUT2D eigenvalue weighted by molar-refractivity contribution is 7.84. The van der Waals surface area contributed by atoms with Crippen molar-refractivity contribution >= 4 is 12.6 Å². The van der Waals surface area contributed by atoms with Crippen LogP contribution in [0.4, 0.5) is 0 Å². The fourth-order valence-corrected chi connectivity index (χ4v) is 0.794. The van der Waals surface area contributed by atoms with Gasteiger partial charge in [0.15, 0.2) is 0 Å². The van der Waals surface area contributed by atoms with Crippen molar-refractivity contribution < 1.29 is 0 Å². The number of thiol groups is 1. The molecule has 1 N–H and O–H groups in total. The van der Waals surface area contributed by atoms with Crippen LogP contribution in [0.25, 0.3) is 0 Å². The molecule has 8 heavy (non-hydrogen) atoms. The van der Waals surface area contributed by atoms with E-state index in [1.54, 1.807) is 0 Å². The minimum Gasteiger partial charge on any atom is -0.298 e. The summed E-state index contributed by atoms with van der Waals surface area (Å²) in [7, 11) is 3.82. The summed E-state index contributed by atoms with van der Waals surface area (Å²) in [5.41, 5.74) is 2.96. The Morgan fingerprint density at radius 2 is 2.25 bits per heavy atom. The highest BCUT2D eigenvalue weighted by atomic mass is 32.1. The molecule has 0 aromatic heterocycles. The van der Waals surface area contributed by atoms with E-state index in [9.17, 15) is 0 Å². The third-order valence-electron chi connectivity index (χ3n) is 0.961. The van der Waals surface area contributed by atoms with E-state index in [0.29, 0.717) is 0 Å². The van der Waals surface area contributed by atoms with Gasteiger partial charge in [-0.05, 0) is 0 Å². The van der Waals surface area contributed by atoms with Crippen LogP contribution < -0.4 is 5.53 Å². The first kappa shape index (κ1) is 5.78. The molecule has 0 fully saturated rings. The van der Waals surface area contributed by atoms with Gasteiger partial charge >= 0.3 is 0 Å². The maximum absolute atomic E-state index is 4.13. The number of nitrogens with one attached hydrogen (secondary N) is 1. The Kier molecular flexibility index (Phi) is 1.35. The topological polar surface area (TPSA) is 18.5 Å². The van der Waals surface area contributed by atoms with E-state index in [4.69, 9.17) is 0 Å². The summed E-state index contributed by atoms with van der Waals surface area (Å²) < 4.78 is 0. The predicted molar refractivity (Wildman–Crippen MR) is 35.7 cm³/mol. The van der Waals surface area contributed by atoms with Gasteiger partial charge in [-0.15, -0.1) is 18.2 Å². The van der Waals surface area contributed by atoms with Gasteiger partial charge in [-0.3, -0.25) is 10.0 Å². The molecule has 0 aliphatic carbocycles. The molecule has 0 aromatic carbocycles. The summed E-state index contributed by atoms with van der Waals surface area (Å²) in [4.78, 5) is 0. The Hall–Kier alpha value is -0.350. The standard InChI is InChI=1S/C4H9N3S/c1-6-3-4(8)7(2)5-6/h3,5,8H,1-2H3. The molecule has 3 nitrogen and oxygen atoms in total. The smallest absolute Gasteiger partial charge is 0.101 e. The molecule has 0 aromatic rings. The molecule has 0 spiro atoms. The maximum atomic E-state index is 4.13. The SMILES string of the molecule is CN1C=C(S)N(C)N1. The molecule has 1 heterocycles. The van der Waals surface area contributed by atoms with Crippen LogP contribution in [0, 0.1) is 0 Å². The summed E-state index contributed by atoms with van der Waals surface area (Å²) >= 11 is 4.13. The van der Waals surface area contributed by atoms with E-state index in [-0.39, 0.29) is 0 Å². The quantitative estimate of drug-likeness (QED) is 0.452. The fourth-order valence-electron chi connectivity index (χ4n) is 0.577. The van der Waals surface area contributed by atoms with Crippen molar-refractivity contribution in [2.24, 2.45) is 0 Å². The Balaban J connectivity index is 2.59. The third kappa shape index (κ3) is 0.900. The predicted octanol–water partition coefficient (Wildman–Crippen LogP) is 0.0119. The molecule has 1 aliphatic heterocycles. The zero-order valence-electron chi connectivity index (χ0n) is 4.92. The molecule has 0 amide bonds. The molecule has 0 atom stereocenters. The van der Waals surface area contributed by atoms with E-state index in [2.05, 4.69) is 18.2 Å². The van der Waals surface area contributed by atoms with Gasteiger partial charge in [-0.1, -0.05) is 0 Å². The van der Waals surface area contributed by atoms with Crippen molar-refractivity contribution in [2.75, 3.05) is 14.1 Å². The summed E-state index contributed by atoms with van der Waals surface area (Å²) in [6, 6.07) is 0. The van der Waals surface area contributed by atoms with E-state index in [1.165, 1.54) is 0 Å². The molecule has 0 saturated carbocycles. The van der Waals surface area contributed by atoms with Gasteiger partial charge in [-0.25, -0.2) is 0 Å². The largest absolute Gasteiger partial charge is 0.298 e. The summed E-state index contributed by atoms with van der Waals surface area (Å²) in [5, 5.41) is 4.58. The van der Waals surface area contributed by atoms with Crippen LogP contribution in [-0.4, -0.2) is 24.1 Å². The third-order valence-corrected chi connectivity index (χ3v) is 1.38. The first-order chi connectivity index (χ1) is 3.70. The molecule has 46 valence electrons. The summed E-state index contributed by atoms with van der Waals surface area (Å²) in [6.45, 7) is 0. The zero-order chi connectivity index (χ0) is 6.15. The Bertz CT molecular complexity index is 122. The van der Waals surface area contributed by atoms with Crippen LogP contribution in [0.1, 0.15) is 0 Å². The molecular weight excluding hydrogens is 122 g/mol. The van der Waals surface area contributed by atoms with Crippen molar-refractivity contribution in [3.63, 3.8) is 0 Å². The molecular formula is C4H9N3S. The lowest BCUT2D eigenvalue weighted by Gasteiger charge is -2.14. The van der Waals surface area contributed by atoms with Gasteiger partial charge in [0.25, 0.3) is 0 Å². The van der Waals surface area contributed by atoms with Crippen molar-refractivity contribution in [3.05, 3.63) is 11.2 Å². The average Bonchev–Trinajstić information content (AvgIpc) is 1.85. The molecule has 0 bridgehead atoms. The zero-order valence-corrected chi connectivity index (χ0v) is 5.81. The van der Waals surface area contributed by atoms with Crippen molar-refractivity contribution in [3.8, 4) is 0 Å². The minimum absolute atomic E-state index is 0.924. The van der Waals surface area contributed by atoms with Crippen LogP contribution in [0.5, 0.6) is 0 Å². The van der Waals surface area contributed by atoms with Crippen LogP contribution in [0.3, 0.4) is 0 Å². The minimum atomic E-state index is 0.924. The highest BCUT2D eigenvalue weighted by Crippen LogP contribution is 2.09. The first-order valence-corrected chi connectivity index (χ1v) is 2.78. The van der Waals surface area contributed by atoms with Crippen LogP contribution >= 0.6 is 12.6 Å². The van der Waals surface area contributed by atoms with Gasteiger partial charge in [0, 0.05) is 20.3 Å². The Morgan fingerprint density at radius 1 is 1.62 bits per heavy atom. The van der Waals surface area contributed by atoms with Crippen LogP contribution in [0.15, 0.2) is 11.2 Å². The van der Waals surface area contributed by atoms with E-state index >= 15 is 0 Å². The molecule has 0 saturated heterocycles. The summed E-state index contributed by atoms with van der Waals surface area (Å²) in [5.74, 6) is 0. The van der Waals surface area contributed by atoms with Crippen molar-refractivity contribution in [1.82, 2.24) is 15.6 Å². The normalized spacial score (nSPS) is 19.6. The number of rotatable bonds is 0. The molecule has 0 radical (unpaired) electrons. The average molecular weight is 131 g/mol. The van der Waals surface area contributed by atoms with Crippen molar-refractivity contribution in [2.45, 2.75) is 0 Å². The van der Waals surface area contributed by atoms with Gasteiger partial charge in [-0.2, -0.15) is 0 Å². The van der Waals surface area contributed by atoms with Gasteiger partial charge in [0.2, 0.25) is 0 Å². The Morgan fingerprint density at radius 3 is 2.38 bits per heavy atom. The molecule has 0 unspecified atom stereocenters. The second-order valence-corrected chi connectivity index (χ2v) is 2.22. The van der Waals surface area contributed by atoms with Gasteiger partial charge in [0.1, 0.15) is 5.03 Å². The maximum Gasteiger partial charge on any atom is 0.101 e. The van der Waals surface area contributed by atoms with E-state index in [1.807, 2.05) is 30.3 Å². The summed E-state index contributed by atoms with van der Waals surface area (Å²) in [6.07, 6.45) is 1.89. The number of nitrogens with zero attached hydrogens (tertiary/aromatic N) is 2. The second-order valence-electron chi connectivity index (χ2n) is 1.76. The molecule has 1 rings (SSSR count). The van der Waals surface area contributed by atoms with Crippen molar-refractivity contribution in [1.29, 1.82) is 0 Å². The lowest BCUT2D eigenvalue weighted by Crippen LogP contribution is -2.34. The lowest BCUT2D eigenvalue weighted by molar-refractivity contribution is 0.190. The number of hydrogen-bond donors (Lipinski definition) is 2. The first-order valence-electron chi connectivity index (χ1n) is 2.34. The van der Waals surface area contributed by atoms with Gasteiger partial charge in [0.05, 0.1) is 0 Å². The number of hydrazine groups is 2. The molecule has 1 aliphatic rings. The number of hydrogen-bond acceptors (Lipinski definition) is 4. The Labute approximate surface area is 54.3 Å².